The number of ketones is 1. The number of carbonyl (C=O) groups excluding carboxylic acids is 2. The van der Waals surface area contributed by atoms with Crippen LogP contribution >= 0.6 is 0 Å². The van der Waals surface area contributed by atoms with Crippen molar-refractivity contribution in [2.24, 2.45) is 0 Å². The van der Waals surface area contributed by atoms with Gasteiger partial charge in [-0.05, 0) is 0 Å². The average molecular weight is 521 g/mol. The molecule has 0 heterocycles. The SMILES string of the molecule is CCC[CH2][Sn]([CH2]CCC)([CH2]CCC)[CH2]C(C(=O)c1ccc(C(=O)OC)cc1)=C(C)C. The van der Waals surface area contributed by atoms with E-state index in [9.17, 15) is 9.59 Å². The maximum atomic E-state index is 13.5. The van der Waals surface area contributed by atoms with Gasteiger partial charge in [0.25, 0.3) is 0 Å². The Bertz CT molecular complexity index is 678. The van der Waals surface area contributed by atoms with Gasteiger partial charge in [0.2, 0.25) is 0 Å². The second-order valence-electron chi connectivity index (χ2n) is 8.86. The molecule has 0 aliphatic heterocycles. The van der Waals surface area contributed by atoms with Crippen molar-refractivity contribution in [1.82, 2.24) is 0 Å². The number of Topliss-reactive ketones (excluding diaryl/α,β-unsaturated/α-hetero) is 1. The van der Waals surface area contributed by atoms with Gasteiger partial charge in [-0.1, -0.05) is 0 Å². The third-order valence-corrected chi connectivity index (χ3v) is 21.4. The third kappa shape index (κ3) is 8.20. The molecule has 3 nitrogen and oxygen atoms in total. The first-order valence-electron chi connectivity index (χ1n) is 11.7. The van der Waals surface area contributed by atoms with Gasteiger partial charge in [0.05, 0.1) is 0 Å². The molecule has 0 bridgehead atoms. The molecule has 4 heteroatoms. The molecule has 0 aliphatic carbocycles. The van der Waals surface area contributed by atoms with Gasteiger partial charge in [-0.2, -0.15) is 0 Å². The molecule has 0 unspecified atom stereocenters. The summed E-state index contributed by atoms with van der Waals surface area (Å²) < 4.78 is 10.0. The van der Waals surface area contributed by atoms with Crippen molar-refractivity contribution in [2.45, 2.75) is 90.9 Å². The Kier molecular flexibility index (Phi) is 12.6. The summed E-state index contributed by atoms with van der Waals surface area (Å²) >= 11 is -2.47. The summed E-state index contributed by atoms with van der Waals surface area (Å²) in [6, 6.07) is 6.95. The summed E-state index contributed by atoms with van der Waals surface area (Å²) in [4.78, 5) is 25.2. The molecular formula is C26H42O3Sn. The Morgan fingerprint density at radius 2 is 1.23 bits per heavy atom. The first-order valence-corrected chi connectivity index (χ1v) is 19.8. The predicted octanol–water partition coefficient (Wildman–Crippen LogP) is 7.84. The van der Waals surface area contributed by atoms with Crippen LogP contribution in [0.2, 0.25) is 17.7 Å². The van der Waals surface area contributed by atoms with Gasteiger partial charge in [0.1, 0.15) is 0 Å². The molecule has 1 aromatic rings. The van der Waals surface area contributed by atoms with Gasteiger partial charge in [-0.3, -0.25) is 0 Å². The van der Waals surface area contributed by atoms with E-state index < -0.39 is 18.4 Å². The Morgan fingerprint density at radius 1 is 0.800 bits per heavy atom. The van der Waals surface area contributed by atoms with Crippen LogP contribution in [-0.4, -0.2) is 37.2 Å². The van der Waals surface area contributed by atoms with Crippen molar-refractivity contribution in [2.75, 3.05) is 7.11 Å². The van der Waals surface area contributed by atoms with Crippen molar-refractivity contribution >= 4 is 30.1 Å². The van der Waals surface area contributed by atoms with E-state index in [1.54, 1.807) is 24.3 Å². The summed E-state index contributed by atoms with van der Waals surface area (Å²) in [7, 11) is 1.37. The number of ether oxygens (including phenoxy) is 1. The maximum absolute atomic E-state index is 13.5. The van der Waals surface area contributed by atoms with E-state index in [1.165, 1.54) is 58.9 Å². The average Bonchev–Trinajstić information content (AvgIpc) is 2.77. The second kappa shape index (κ2) is 14.1. The Balaban J connectivity index is 3.21. The summed E-state index contributed by atoms with van der Waals surface area (Å²) in [6.45, 7) is 11.0. The number of carbonyl (C=O) groups is 2. The van der Waals surface area contributed by atoms with Crippen molar-refractivity contribution in [3.63, 3.8) is 0 Å². The fourth-order valence-electron chi connectivity index (χ4n) is 4.20. The van der Waals surface area contributed by atoms with Gasteiger partial charge in [0.15, 0.2) is 0 Å². The number of methoxy groups -OCH3 is 1. The minimum atomic E-state index is -2.47. The van der Waals surface area contributed by atoms with E-state index in [2.05, 4.69) is 34.6 Å². The second-order valence-corrected chi connectivity index (χ2v) is 22.7. The molecule has 0 N–H and O–H groups in total. The summed E-state index contributed by atoms with van der Waals surface area (Å²) in [5.41, 5.74) is 3.36. The molecule has 0 saturated carbocycles. The van der Waals surface area contributed by atoms with Crippen LogP contribution < -0.4 is 0 Å². The van der Waals surface area contributed by atoms with E-state index >= 15 is 0 Å². The van der Waals surface area contributed by atoms with E-state index in [4.69, 9.17) is 4.74 Å². The zero-order chi connectivity index (χ0) is 22.6. The van der Waals surface area contributed by atoms with Gasteiger partial charge < -0.3 is 0 Å². The number of esters is 1. The molecule has 30 heavy (non-hydrogen) atoms. The van der Waals surface area contributed by atoms with Crippen LogP contribution in [0.5, 0.6) is 0 Å². The molecule has 1 rings (SSSR count). The molecule has 0 amide bonds. The van der Waals surface area contributed by atoms with Crippen LogP contribution in [-0.2, 0) is 4.74 Å². The third-order valence-electron chi connectivity index (χ3n) is 6.18. The molecule has 0 radical (unpaired) electrons. The monoisotopic (exact) mass is 522 g/mol. The molecule has 0 aliphatic rings. The van der Waals surface area contributed by atoms with E-state index in [1.807, 2.05) is 0 Å². The Labute approximate surface area is 188 Å². The van der Waals surface area contributed by atoms with Crippen molar-refractivity contribution in [1.29, 1.82) is 0 Å². The number of hydrogen-bond donors (Lipinski definition) is 0. The molecule has 168 valence electrons. The minimum absolute atomic E-state index is 0.150. The van der Waals surface area contributed by atoms with Crippen LogP contribution in [0, 0.1) is 0 Å². The molecule has 0 aromatic heterocycles. The van der Waals surface area contributed by atoms with Gasteiger partial charge in [-0.15, -0.1) is 0 Å². The first kappa shape index (κ1) is 26.9. The van der Waals surface area contributed by atoms with E-state index in [0.29, 0.717) is 11.1 Å². The zero-order valence-corrected chi connectivity index (χ0v) is 23.0. The Hall–Kier alpha value is -1.10. The number of allylic oxidation sites excluding steroid dienone is 2. The summed E-state index contributed by atoms with van der Waals surface area (Å²) in [6.07, 6.45) is 7.64. The summed E-state index contributed by atoms with van der Waals surface area (Å²) in [5.74, 6) is -0.220. The van der Waals surface area contributed by atoms with Crippen molar-refractivity contribution < 1.29 is 14.3 Å². The van der Waals surface area contributed by atoms with Crippen LogP contribution in [0.15, 0.2) is 35.4 Å². The Morgan fingerprint density at radius 3 is 1.60 bits per heavy atom. The van der Waals surface area contributed by atoms with Crippen LogP contribution in [0.3, 0.4) is 0 Å². The van der Waals surface area contributed by atoms with E-state index in [-0.39, 0.29) is 11.8 Å². The fourth-order valence-corrected chi connectivity index (χ4v) is 20.9. The number of rotatable bonds is 14. The van der Waals surface area contributed by atoms with Gasteiger partial charge in [0, 0.05) is 0 Å². The molecule has 0 saturated heterocycles. The number of benzene rings is 1. The molecular weight excluding hydrogens is 479 g/mol. The van der Waals surface area contributed by atoms with Crippen LogP contribution in [0.4, 0.5) is 0 Å². The molecule has 1 aromatic carbocycles. The van der Waals surface area contributed by atoms with Crippen LogP contribution in [0.25, 0.3) is 0 Å². The van der Waals surface area contributed by atoms with E-state index in [0.717, 1.165) is 15.6 Å². The van der Waals surface area contributed by atoms with Crippen molar-refractivity contribution in [3.8, 4) is 0 Å². The molecule has 0 spiro atoms. The predicted molar refractivity (Wildman–Crippen MR) is 130 cm³/mol. The first-order chi connectivity index (χ1) is 14.3. The standard InChI is InChI=1S/C14H15O3.3C4H9.Sn/c1-9(2)10(3)13(15)11-5-7-12(8-6-11)14(16)17-4;3*1-3-4-2;/h5-8H,3H2,1-2,4H3;3*1,3-4H2,2H3;. The zero-order valence-electron chi connectivity index (χ0n) is 20.1. The topological polar surface area (TPSA) is 43.4 Å². The van der Waals surface area contributed by atoms with Gasteiger partial charge >= 0.3 is 189 Å². The quantitative estimate of drug-likeness (QED) is 0.108. The number of unbranched alkanes of at least 4 members (excludes halogenated alkanes) is 3. The van der Waals surface area contributed by atoms with Crippen molar-refractivity contribution in [3.05, 3.63) is 46.5 Å². The van der Waals surface area contributed by atoms with Gasteiger partial charge in [-0.25, -0.2) is 0 Å². The number of hydrogen-bond acceptors (Lipinski definition) is 3. The molecule has 0 fully saturated rings. The molecule has 0 atom stereocenters. The summed E-state index contributed by atoms with van der Waals surface area (Å²) in [5, 5.41) is 0. The fraction of sp³-hybridized carbons (Fsp3) is 0.615. The van der Waals surface area contributed by atoms with Crippen LogP contribution in [0.1, 0.15) is 93.9 Å². The normalized spacial score (nSPS) is 11.3.